The number of nitrogens with zero attached hydrogens (tertiary/aromatic N) is 3. The fraction of sp³-hybridized carbons (Fsp3) is 0.393. The minimum atomic E-state index is -0.146. The molecule has 1 fully saturated rings. The van der Waals surface area contributed by atoms with E-state index in [9.17, 15) is 9.59 Å². The van der Waals surface area contributed by atoms with Crippen molar-refractivity contribution in [1.29, 1.82) is 0 Å². The van der Waals surface area contributed by atoms with Gasteiger partial charge in [-0.05, 0) is 80.7 Å². The van der Waals surface area contributed by atoms with Gasteiger partial charge in [0.05, 0.1) is 22.6 Å². The highest BCUT2D eigenvalue weighted by atomic mass is 32.1. The van der Waals surface area contributed by atoms with Gasteiger partial charge >= 0.3 is 0 Å². The van der Waals surface area contributed by atoms with Gasteiger partial charge in [0, 0.05) is 48.1 Å². The molecule has 7 nitrogen and oxygen atoms in total. The number of carbonyl (C=O) groups is 1. The van der Waals surface area contributed by atoms with Crippen LogP contribution >= 0.6 is 11.3 Å². The van der Waals surface area contributed by atoms with Gasteiger partial charge in [-0.25, -0.2) is 0 Å². The number of H-pyrrole nitrogens is 1. The third-order valence-electron chi connectivity index (χ3n) is 7.62. The van der Waals surface area contributed by atoms with E-state index >= 15 is 0 Å². The monoisotopic (exact) mass is 501 g/mol. The smallest absolute Gasteiger partial charge is 0.259 e. The summed E-state index contributed by atoms with van der Waals surface area (Å²) in [5, 5.41) is 5.62. The van der Waals surface area contributed by atoms with Crippen molar-refractivity contribution in [2.75, 3.05) is 25.5 Å². The summed E-state index contributed by atoms with van der Waals surface area (Å²) in [6.45, 7) is 4.84. The summed E-state index contributed by atoms with van der Waals surface area (Å²) in [6.07, 6.45) is 5.16. The van der Waals surface area contributed by atoms with Gasteiger partial charge in [0.15, 0.2) is 0 Å². The number of aliphatic imine (C=N–C) groups is 1. The van der Waals surface area contributed by atoms with Gasteiger partial charge in [-0.1, -0.05) is 6.07 Å². The number of anilines is 1. The Morgan fingerprint density at radius 3 is 2.81 bits per heavy atom. The number of rotatable bonds is 6. The fourth-order valence-corrected chi connectivity index (χ4v) is 6.54. The normalized spacial score (nSPS) is 18.8. The molecule has 1 atom stereocenters. The van der Waals surface area contributed by atoms with Crippen molar-refractivity contribution in [2.45, 2.75) is 51.2 Å². The molecule has 0 radical (unpaired) electrons. The molecule has 2 aromatic heterocycles. The average Bonchev–Trinajstić information content (AvgIpc) is 3.58. The van der Waals surface area contributed by atoms with Crippen LogP contribution in [0.2, 0.25) is 0 Å². The number of hydrogen-bond acceptors (Lipinski definition) is 6. The summed E-state index contributed by atoms with van der Waals surface area (Å²) in [4.78, 5) is 39.6. The number of pyridine rings is 1. The number of piperidine rings is 1. The molecule has 1 aromatic carbocycles. The topological polar surface area (TPSA) is 80.8 Å². The van der Waals surface area contributed by atoms with Crippen LogP contribution in [-0.4, -0.2) is 58.6 Å². The second kappa shape index (κ2) is 9.33. The minimum absolute atomic E-state index is 0.137. The molecule has 186 valence electrons. The van der Waals surface area contributed by atoms with Crippen LogP contribution < -0.4 is 10.9 Å². The Labute approximate surface area is 214 Å². The molecule has 36 heavy (non-hydrogen) atoms. The minimum Gasteiger partial charge on any atom is -0.381 e. The van der Waals surface area contributed by atoms with Gasteiger partial charge in [-0.2, -0.15) is 0 Å². The Morgan fingerprint density at radius 1 is 1.19 bits per heavy atom. The Kier molecular flexibility index (Phi) is 6.01. The molecule has 3 aromatic rings. The Morgan fingerprint density at radius 2 is 2.03 bits per heavy atom. The second-order valence-electron chi connectivity index (χ2n) is 10.3. The zero-order valence-electron chi connectivity index (χ0n) is 20.7. The van der Waals surface area contributed by atoms with Gasteiger partial charge in [-0.15, -0.1) is 11.3 Å². The van der Waals surface area contributed by atoms with Crippen molar-refractivity contribution < 1.29 is 4.79 Å². The molecule has 3 aliphatic rings. The maximum atomic E-state index is 13.3. The summed E-state index contributed by atoms with van der Waals surface area (Å²) < 4.78 is 0. The number of fused-ring (bicyclic) bond motifs is 2. The lowest BCUT2D eigenvalue weighted by atomic mass is 10.00. The van der Waals surface area contributed by atoms with Crippen LogP contribution in [-0.2, 0) is 19.4 Å². The van der Waals surface area contributed by atoms with E-state index in [-0.39, 0.29) is 17.5 Å². The van der Waals surface area contributed by atoms with Gasteiger partial charge in [-0.3, -0.25) is 14.6 Å². The van der Waals surface area contributed by atoms with Crippen molar-refractivity contribution in [3.63, 3.8) is 0 Å². The molecular weight excluding hydrogens is 470 g/mol. The molecule has 1 amide bonds. The molecule has 0 saturated carbocycles. The Balaban J connectivity index is 1.24. The first-order chi connectivity index (χ1) is 17.5. The van der Waals surface area contributed by atoms with Crippen LogP contribution in [0.15, 0.2) is 51.7 Å². The molecule has 5 heterocycles. The van der Waals surface area contributed by atoms with E-state index in [1.807, 2.05) is 12.1 Å². The molecule has 2 N–H and O–H groups in total. The van der Waals surface area contributed by atoms with Gasteiger partial charge < -0.3 is 20.1 Å². The lowest BCUT2D eigenvalue weighted by Gasteiger charge is -2.34. The van der Waals surface area contributed by atoms with E-state index in [0.29, 0.717) is 24.6 Å². The summed E-state index contributed by atoms with van der Waals surface area (Å²) >= 11 is 1.74. The molecular formula is C28H31N5O2S. The van der Waals surface area contributed by atoms with Gasteiger partial charge in [0.2, 0.25) is 0 Å². The highest BCUT2D eigenvalue weighted by molar-refractivity contribution is 7.09. The Bertz CT molecular complexity index is 1390. The number of hydrogen-bond donors (Lipinski definition) is 2. The van der Waals surface area contributed by atoms with Crippen molar-refractivity contribution in [1.82, 2.24) is 14.8 Å². The number of aromatic amines is 1. The first-order valence-corrected chi connectivity index (χ1v) is 13.6. The molecule has 6 rings (SSSR count). The third kappa shape index (κ3) is 4.29. The number of amides is 1. The molecule has 0 bridgehead atoms. The maximum absolute atomic E-state index is 13.3. The molecule has 0 unspecified atom stereocenters. The molecule has 3 aliphatic heterocycles. The standard InChI is InChI=1S/C28H31N5O2S/c1-17(12-21-4-3-11-36-21)30-23-5-8-29-27(34)26(23)25-14-18-13-22-19(15-24(18)31-25)16-33(28(22)35)20-6-9-32(2)10-7-20/h3-5,8,11,13,15,17,20H,6-7,9-10,12,14,16H2,1-2H3,(H2,29,30,34)/t17-/m1/s1. The predicted octanol–water partition coefficient (Wildman–Crippen LogP) is 4.21. The zero-order chi connectivity index (χ0) is 24.8. The average molecular weight is 502 g/mol. The predicted molar refractivity (Wildman–Crippen MR) is 145 cm³/mol. The number of likely N-dealkylation sites (tertiary alicyclic amines) is 1. The van der Waals surface area contributed by atoms with Crippen molar-refractivity contribution in [2.24, 2.45) is 4.99 Å². The van der Waals surface area contributed by atoms with Crippen LogP contribution in [0.1, 0.15) is 51.7 Å². The van der Waals surface area contributed by atoms with Gasteiger partial charge in [0.25, 0.3) is 11.5 Å². The zero-order valence-corrected chi connectivity index (χ0v) is 21.5. The number of aromatic nitrogens is 1. The van der Waals surface area contributed by atoms with E-state index in [1.165, 1.54) is 4.88 Å². The van der Waals surface area contributed by atoms with E-state index in [4.69, 9.17) is 4.99 Å². The second-order valence-corrected chi connectivity index (χ2v) is 11.3. The van der Waals surface area contributed by atoms with Crippen molar-refractivity contribution >= 4 is 34.3 Å². The van der Waals surface area contributed by atoms with Crippen LogP contribution in [0, 0.1) is 0 Å². The summed E-state index contributed by atoms with van der Waals surface area (Å²) in [5.41, 5.74) is 5.73. The molecule has 0 aliphatic carbocycles. The largest absolute Gasteiger partial charge is 0.381 e. The third-order valence-corrected chi connectivity index (χ3v) is 8.52. The number of nitrogens with one attached hydrogen (secondary N) is 2. The van der Waals surface area contributed by atoms with Crippen molar-refractivity contribution in [3.8, 4) is 0 Å². The number of thiophene rings is 1. The van der Waals surface area contributed by atoms with E-state index in [2.05, 4.69) is 57.7 Å². The lowest BCUT2D eigenvalue weighted by Crippen LogP contribution is -2.43. The lowest BCUT2D eigenvalue weighted by molar-refractivity contribution is 0.0617. The number of carbonyl (C=O) groups excluding carboxylic acids is 1. The SMILES string of the molecule is C[C@H](Cc1cccs1)Nc1cc[nH]c(=O)c1C1=Nc2cc3c(cc2C1)C(=O)N(C1CCN(C)CC1)C3. The van der Waals surface area contributed by atoms with Crippen molar-refractivity contribution in [3.05, 3.63) is 79.4 Å². The quantitative estimate of drug-likeness (QED) is 0.530. The van der Waals surface area contributed by atoms with Gasteiger partial charge in [0.1, 0.15) is 0 Å². The first kappa shape index (κ1) is 23.2. The highest BCUT2D eigenvalue weighted by Crippen LogP contribution is 2.37. The Hall–Kier alpha value is -3.23. The van der Waals surface area contributed by atoms with Crippen LogP contribution in [0.5, 0.6) is 0 Å². The van der Waals surface area contributed by atoms with E-state index in [0.717, 1.165) is 66.1 Å². The van der Waals surface area contributed by atoms with Crippen LogP contribution in [0.25, 0.3) is 0 Å². The van der Waals surface area contributed by atoms with Crippen LogP contribution in [0.4, 0.5) is 11.4 Å². The summed E-state index contributed by atoms with van der Waals surface area (Å²) in [5.74, 6) is 0.137. The molecule has 1 saturated heterocycles. The fourth-order valence-electron chi connectivity index (χ4n) is 5.71. The summed E-state index contributed by atoms with van der Waals surface area (Å²) in [7, 11) is 2.14. The maximum Gasteiger partial charge on any atom is 0.259 e. The highest BCUT2D eigenvalue weighted by Gasteiger charge is 2.35. The van der Waals surface area contributed by atoms with Crippen LogP contribution in [0.3, 0.4) is 0 Å². The molecule has 8 heteroatoms. The first-order valence-electron chi connectivity index (χ1n) is 12.7. The summed E-state index contributed by atoms with van der Waals surface area (Å²) in [6, 6.07) is 10.7. The van der Waals surface area contributed by atoms with E-state index in [1.54, 1.807) is 17.5 Å². The van der Waals surface area contributed by atoms with E-state index < -0.39 is 0 Å². The number of benzene rings is 1. The molecule has 0 spiro atoms.